The van der Waals surface area contributed by atoms with Gasteiger partial charge >= 0.3 is 0 Å². The van der Waals surface area contributed by atoms with E-state index in [0.29, 0.717) is 22.3 Å². The number of benzene rings is 4. The van der Waals surface area contributed by atoms with Gasteiger partial charge in [-0.05, 0) is 23.6 Å². The molecule has 2 aromatic heterocycles. The highest BCUT2D eigenvalue weighted by molar-refractivity contribution is 7.18. The Hall–Kier alpha value is -4.09. The second-order valence-electron chi connectivity index (χ2n) is 7.56. The molecular weight excluding hydrogens is 416 g/mol. The summed E-state index contributed by atoms with van der Waals surface area (Å²) in [5, 5.41) is 10.4. The summed E-state index contributed by atoms with van der Waals surface area (Å²) in [6, 6.07) is 28.0. The first-order valence-electron chi connectivity index (χ1n) is 10.2. The number of carbonyl (C=O) groups is 2. The van der Waals surface area contributed by atoms with Crippen molar-refractivity contribution in [1.82, 2.24) is 9.78 Å². The fraction of sp³-hybridized carbons (Fsp3) is 0. The molecule has 32 heavy (non-hydrogen) atoms. The van der Waals surface area contributed by atoms with Gasteiger partial charge in [-0.1, -0.05) is 72.8 Å². The summed E-state index contributed by atoms with van der Waals surface area (Å²) in [4.78, 5) is 27.3. The zero-order chi connectivity index (χ0) is 21.7. The first kappa shape index (κ1) is 18.7. The van der Waals surface area contributed by atoms with Gasteiger partial charge < -0.3 is 0 Å². The molecule has 5 heteroatoms. The maximum atomic E-state index is 13.8. The fourth-order valence-corrected chi connectivity index (χ4v) is 5.19. The molecule has 0 aliphatic rings. The zero-order valence-electron chi connectivity index (χ0n) is 16.9. The standard InChI is InChI=1S/C27H16N2O2S/c30-25(17-9-3-1-4-10-17)24-22-21-15-16-32-26(21)20-14-8-7-13-19(20)23(22)28-29(24)27(31)18-11-5-2-6-12-18/h1-16H. The molecule has 0 aliphatic carbocycles. The average molecular weight is 433 g/mol. The number of hydrogen-bond donors (Lipinski definition) is 0. The van der Waals surface area contributed by atoms with E-state index < -0.39 is 0 Å². The van der Waals surface area contributed by atoms with Crippen molar-refractivity contribution in [1.29, 1.82) is 0 Å². The van der Waals surface area contributed by atoms with E-state index in [-0.39, 0.29) is 11.7 Å². The van der Waals surface area contributed by atoms with Gasteiger partial charge in [0.15, 0.2) is 0 Å². The van der Waals surface area contributed by atoms with Gasteiger partial charge in [0.05, 0.1) is 0 Å². The maximum absolute atomic E-state index is 13.8. The SMILES string of the molecule is O=C(c1ccccc1)c1c2c3ccsc3c3ccccc3c2nn1C(=O)c1ccccc1. The zero-order valence-corrected chi connectivity index (χ0v) is 17.7. The van der Waals surface area contributed by atoms with Crippen LogP contribution >= 0.6 is 11.3 Å². The molecule has 2 heterocycles. The van der Waals surface area contributed by atoms with E-state index in [1.165, 1.54) is 4.68 Å². The van der Waals surface area contributed by atoms with Gasteiger partial charge in [0.2, 0.25) is 5.78 Å². The van der Waals surface area contributed by atoms with Crippen molar-refractivity contribution in [3.63, 3.8) is 0 Å². The molecule has 0 radical (unpaired) electrons. The molecule has 0 atom stereocenters. The highest BCUT2D eigenvalue weighted by Crippen LogP contribution is 2.39. The van der Waals surface area contributed by atoms with Crippen LogP contribution < -0.4 is 0 Å². The summed E-state index contributed by atoms with van der Waals surface area (Å²) in [7, 11) is 0. The number of fused-ring (bicyclic) bond motifs is 6. The molecule has 6 rings (SSSR count). The average Bonchev–Trinajstić information content (AvgIpc) is 3.50. The number of carbonyl (C=O) groups excluding carboxylic acids is 2. The van der Waals surface area contributed by atoms with Gasteiger partial charge in [0.1, 0.15) is 11.2 Å². The van der Waals surface area contributed by atoms with Crippen LogP contribution in [0.1, 0.15) is 26.4 Å². The Morgan fingerprint density at radius 3 is 2.03 bits per heavy atom. The van der Waals surface area contributed by atoms with Gasteiger partial charge in [0, 0.05) is 37.4 Å². The van der Waals surface area contributed by atoms with Crippen molar-refractivity contribution in [2.45, 2.75) is 0 Å². The van der Waals surface area contributed by atoms with Gasteiger partial charge in [0.25, 0.3) is 5.91 Å². The number of thiophene rings is 1. The van der Waals surface area contributed by atoms with Crippen molar-refractivity contribution < 1.29 is 9.59 Å². The lowest BCUT2D eigenvalue weighted by molar-refractivity contribution is 0.0920. The number of aromatic nitrogens is 2. The van der Waals surface area contributed by atoms with Crippen LogP contribution in [0.4, 0.5) is 0 Å². The van der Waals surface area contributed by atoms with Crippen molar-refractivity contribution in [3.8, 4) is 0 Å². The van der Waals surface area contributed by atoms with E-state index in [1.807, 2.05) is 66.0 Å². The summed E-state index contributed by atoms with van der Waals surface area (Å²) in [6.45, 7) is 0. The second kappa shape index (κ2) is 7.25. The molecule has 0 amide bonds. The van der Waals surface area contributed by atoms with Gasteiger partial charge in [-0.3, -0.25) is 9.59 Å². The first-order valence-corrected chi connectivity index (χ1v) is 11.1. The molecule has 0 aliphatic heterocycles. The van der Waals surface area contributed by atoms with Crippen molar-refractivity contribution in [3.05, 3.63) is 113 Å². The molecule has 0 spiro atoms. The Balaban J connectivity index is 1.76. The summed E-state index contributed by atoms with van der Waals surface area (Å²) in [6.07, 6.45) is 0. The molecule has 4 nitrogen and oxygen atoms in total. The van der Waals surface area contributed by atoms with Crippen LogP contribution in [0.2, 0.25) is 0 Å². The number of rotatable bonds is 3. The molecule has 0 bridgehead atoms. The summed E-state index contributed by atoms with van der Waals surface area (Å²) in [5.74, 6) is -0.547. The number of nitrogens with zero attached hydrogens (tertiary/aromatic N) is 2. The first-order chi connectivity index (χ1) is 15.7. The number of hydrogen-bond acceptors (Lipinski definition) is 4. The minimum atomic E-state index is -0.325. The normalized spacial score (nSPS) is 11.4. The molecule has 0 fully saturated rings. The van der Waals surface area contributed by atoms with Crippen LogP contribution in [0.25, 0.3) is 31.8 Å². The quantitative estimate of drug-likeness (QED) is 0.307. The predicted octanol–water partition coefficient (Wildman–Crippen LogP) is 6.32. The second-order valence-corrected chi connectivity index (χ2v) is 8.48. The van der Waals surface area contributed by atoms with Crippen molar-refractivity contribution in [2.24, 2.45) is 0 Å². The molecule has 0 N–H and O–H groups in total. The molecule has 4 aromatic carbocycles. The Kier molecular flexibility index (Phi) is 4.23. The van der Waals surface area contributed by atoms with E-state index in [0.717, 1.165) is 26.2 Å². The maximum Gasteiger partial charge on any atom is 0.278 e. The van der Waals surface area contributed by atoms with Crippen LogP contribution in [-0.2, 0) is 0 Å². The molecule has 152 valence electrons. The van der Waals surface area contributed by atoms with E-state index >= 15 is 0 Å². The molecular formula is C27H16N2O2S. The topological polar surface area (TPSA) is 52.0 Å². The fourth-order valence-electron chi connectivity index (χ4n) is 4.25. The minimum Gasteiger partial charge on any atom is -0.287 e. The third-order valence-corrected chi connectivity index (χ3v) is 6.66. The van der Waals surface area contributed by atoms with Crippen LogP contribution in [0.5, 0.6) is 0 Å². The van der Waals surface area contributed by atoms with E-state index in [2.05, 4.69) is 6.07 Å². The van der Waals surface area contributed by atoms with Crippen LogP contribution in [0.15, 0.2) is 96.4 Å². The molecule has 6 aromatic rings. The summed E-state index contributed by atoms with van der Waals surface area (Å²) in [5.41, 5.74) is 1.96. The minimum absolute atomic E-state index is 0.222. The lowest BCUT2D eigenvalue weighted by Gasteiger charge is -2.07. The van der Waals surface area contributed by atoms with E-state index in [1.54, 1.807) is 35.6 Å². The van der Waals surface area contributed by atoms with Crippen LogP contribution in [-0.4, -0.2) is 21.5 Å². The Labute approximate surface area is 187 Å². The van der Waals surface area contributed by atoms with Gasteiger partial charge in [-0.25, -0.2) is 0 Å². The third-order valence-electron chi connectivity index (χ3n) is 5.71. The number of ketones is 1. The lowest BCUT2D eigenvalue weighted by Crippen LogP contribution is -2.20. The largest absolute Gasteiger partial charge is 0.287 e. The van der Waals surface area contributed by atoms with Crippen LogP contribution in [0.3, 0.4) is 0 Å². The van der Waals surface area contributed by atoms with Crippen molar-refractivity contribution >= 4 is 54.8 Å². The lowest BCUT2D eigenvalue weighted by atomic mass is 9.99. The highest BCUT2D eigenvalue weighted by Gasteiger charge is 2.27. The molecule has 0 saturated heterocycles. The summed E-state index contributed by atoms with van der Waals surface area (Å²) < 4.78 is 2.38. The molecule has 0 saturated carbocycles. The predicted molar refractivity (Wildman–Crippen MR) is 129 cm³/mol. The van der Waals surface area contributed by atoms with Gasteiger partial charge in [-0.2, -0.15) is 9.78 Å². The third kappa shape index (κ3) is 2.72. The Bertz CT molecular complexity index is 1650. The smallest absolute Gasteiger partial charge is 0.278 e. The Morgan fingerprint density at radius 1 is 0.688 bits per heavy atom. The van der Waals surface area contributed by atoms with Crippen molar-refractivity contribution in [2.75, 3.05) is 0 Å². The van der Waals surface area contributed by atoms with E-state index in [4.69, 9.17) is 5.10 Å². The monoisotopic (exact) mass is 432 g/mol. The van der Waals surface area contributed by atoms with Gasteiger partial charge in [-0.15, -0.1) is 11.3 Å². The Morgan fingerprint density at radius 2 is 1.31 bits per heavy atom. The van der Waals surface area contributed by atoms with Crippen LogP contribution in [0, 0.1) is 0 Å². The highest BCUT2D eigenvalue weighted by atomic mass is 32.1. The summed E-state index contributed by atoms with van der Waals surface area (Å²) >= 11 is 1.63. The molecule has 0 unspecified atom stereocenters. The van der Waals surface area contributed by atoms with E-state index in [9.17, 15) is 9.59 Å².